The molecule has 6 aromatic rings. The molecule has 6 heterocycles. The summed E-state index contributed by atoms with van der Waals surface area (Å²) >= 11 is 0. The monoisotopic (exact) mass is 1000 g/mol. The molecule has 0 unspecified atom stereocenters. The van der Waals surface area contributed by atoms with E-state index < -0.39 is 23.3 Å². The first kappa shape index (κ1) is 47.0. The van der Waals surface area contributed by atoms with E-state index >= 15 is 0 Å². The van der Waals surface area contributed by atoms with Gasteiger partial charge in [0, 0.05) is 12.1 Å². The molecule has 4 saturated heterocycles. The lowest BCUT2D eigenvalue weighted by atomic mass is 9.84. The fourth-order valence-corrected chi connectivity index (χ4v) is 13.9. The molecule has 2 saturated carbocycles. The number of hydrogen-bond acceptors (Lipinski definition) is 10. The van der Waals surface area contributed by atoms with Crippen LogP contribution in [0.5, 0.6) is 0 Å². The zero-order valence-electron chi connectivity index (χ0n) is 42.2. The third-order valence-corrected chi connectivity index (χ3v) is 17.9. The van der Waals surface area contributed by atoms with Gasteiger partial charge in [0.2, 0.25) is 0 Å². The Balaban J connectivity index is 0.761. The third kappa shape index (κ3) is 8.01. The van der Waals surface area contributed by atoms with Crippen LogP contribution in [0.1, 0.15) is 110 Å². The van der Waals surface area contributed by atoms with Crippen molar-refractivity contribution in [1.29, 1.82) is 0 Å². The molecule has 6 atom stereocenters. The van der Waals surface area contributed by atoms with Crippen LogP contribution in [0.4, 0.5) is 9.59 Å². The highest BCUT2D eigenvalue weighted by atomic mass is 16.6. The van der Waals surface area contributed by atoms with Gasteiger partial charge in [-0.3, -0.25) is 9.59 Å². The quantitative estimate of drug-likeness (QED) is 0.115. The predicted molar refractivity (Wildman–Crippen MR) is 276 cm³/mol. The van der Waals surface area contributed by atoms with E-state index in [-0.39, 0.29) is 62.4 Å². The standard InChI is InChI=1S/C58H64N8O8/c1-71-55(69)63-57(29-73-30-57)53(67)65-47-9-5-3-7-39(47)27-49(65)51-59-43-21-19-37(25-45(43)61-51)41-23-33-11-15-35(41)17-13-34-12-16-36(18-14-33)42(24-34)38-20-22-44-46(26-38)62-52(60-44)50-28-40-8-4-6-10-48(40)66(50)54(68)58(31-74-32-58)64-56(70)72-2/h11-12,15-16,19-26,39-40,47-50H,3-10,13-14,17-18,27-32H2,1-2H3,(H,59,61)(H,60,62)(H,63,69)(H,64,70)/t39-,40-,47-,48-,49-,50-/m0/s1. The number of H-pyrrole nitrogens is 2. The number of hydrogen-bond donors (Lipinski definition) is 4. The molecule has 16 heteroatoms. The lowest BCUT2D eigenvalue weighted by Gasteiger charge is -2.45. The van der Waals surface area contributed by atoms with Gasteiger partial charge >= 0.3 is 12.2 Å². The summed E-state index contributed by atoms with van der Waals surface area (Å²) in [5.74, 6) is 2.06. The van der Waals surface area contributed by atoms with Crippen molar-refractivity contribution < 1.29 is 38.1 Å². The lowest BCUT2D eigenvalue weighted by molar-refractivity contribution is -0.162. The first-order valence-electron chi connectivity index (χ1n) is 26.9. The van der Waals surface area contributed by atoms with E-state index in [9.17, 15) is 19.2 Å². The van der Waals surface area contributed by atoms with Gasteiger partial charge in [-0.05, 0) is 145 Å². The van der Waals surface area contributed by atoms with Crippen LogP contribution >= 0.6 is 0 Å². The van der Waals surface area contributed by atoms with E-state index in [0.29, 0.717) is 11.8 Å². The van der Waals surface area contributed by atoms with Crippen molar-refractivity contribution in [1.82, 2.24) is 40.4 Å². The van der Waals surface area contributed by atoms with Gasteiger partial charge in [0.15, 0.2) is 11.1 Å². The number of amides is 4. The number of imidazole rings is 2. The molecular formula is C58H64N8O8. The Bertz CT molecular complexity index is 3000. The van der Waals surface area contributed by atoms with Crippen LogP contribution in [0.2, 0.25) is 0 Å². The molecule has 0 spiro atoms. The van der Waals surface area contributed by atoms with Gasteiger partial charge in [0.25, 0.3) is 11.8 Å². The van der Waals surface area contributed by atoms with Gasteiger partial charge in [-0.1, -0.05) is 74.2 Å². The SMILES string of the molecule is COC(=O)NC1(C(=O)N2[C@H](c3nc4ccc(-c5cc6ccc5CCc5ccc(c(-c7ccc8nc([C@@H]9C[C@@H]%10CCCC[C@@H]%10N9C(=O)C9(NC(=O)OC)COC9)[nH]c8c7)c5)CC6)cc4[nH]3)C[C@@H]3CCCC[C@@H]32)COC1. The second-order valence-electron chi connectivity index (χ2n) is 22.2. The fraction of sp³-hybridized carbons (Fsp3) is 0.483. The molecule has 0 radical (unpaired) electrons. The average molecular weight is 1000 g/mol. The molecular weight excluding hydrogens is 937 g/mol. The summed E-state index contributed by atoms with van der Waals surface area (Å²) in [6.07, 6.45) is 12.3. The minimum Gasteiger partial charge on any atom is -0.453 e. The molecule has 4 aromatic carbocycles. The Kier molecular flexibility index (Phi) is 11.8. The summed E-state index contributed by atoms with van der Waals surface area (Å²) in [6.45, 7) is 0.475. The number of fused-ring (bicyclic) bond motifs is 4. The van der Waals surface area contributed by atoms with Crippen molar-refractivity contribution in [3.63, 3.8) is 0 Å². The van der Waals surface area contributed by atoms with E-state index in [1.54, 1.807) is 0 Å². The minimum atomic E-state index is -1.14. The first-order chi connectivity index (χ1) is 36.1. The van der Waals surface area contributed by atoms with Crippen molar-refractivity contribution in [3.8, 4) is 22.3 Å². The summed E-state index contributed by atoms with van der Waals surface area (Å²) in [6, 6.07) is 26.6. The first-order valence-corrected chi connectivity index (χ1v) is 26.9. The van der Waals surface area contributed by atoms with Crippen LogP contribution in [0.15, 0.2) is 72.8 Å². The Morgan fingerprint density at radius 3 is 1.41 bits per heavy atom. The number of benzene rings is 4. The molecule has 10 aliphatic rings. The Morgan fingerprint density at radius 1 is 0.568 bits per heavy atom. The second-order valence-corrected chi connectivity index (χ2v) is 22.2. The number of aryl methyl sites for hydroxylation is 4. The summed E-state index contributed by atoms with van der Waals surface area (Å²) in [5.41, 5.74) is 11.1. The highest BCUT2D eigenvalue weighted by Gasteiger charge is 2.58. The Hall–Kier alpha value is -6.78. The maximum absolute atomic E-state index is 14.6. The number of alkyl carbamates (subject to hydrolysis) is 2. The number of nitrogens with one attached hydrogen (secondary N) is 4. The van der Waals surface area contributed by atoms with Crippen LogP contribution in [0.25, 0.3) is 44.3 Å². The van der Waals surface area contributed by atoms with Crippen LogP contribution in [-0.4, -0.2) is 118 Å². The Labute approximate surface area is 429 Å². The lowest BCUT2D eigenvalue weighted by Crippen LogP contribution is -2.71. The molecule has 74 heavy (non-hydrogen) atoms. The van der Waals surface area contributed by atoms with Crippen LogP contribution in [0.3, 0.4) is 0 Å². The van der Waals surface area contributed by atoms with Gasteiger partial charge in [0.05, 0.1) is 74.8 Å². The highest BCUT2D eigenvalue weighted by molar-refractivity contribution is 5.93. The number of rotatable bonds is 8. The largest absolute Gasteiger partial charge is 0.453 e. The highest BCUT2D eigenvalue weighted by Crippen LogP contribution is 2.49. The predicted octanol–water partition coefficient (Wildman–Crippen LogP) is 8.57. The molecule has 2 aromatic heterocycles. The average Bonchev–Trinajstić information content (AvgIpc) is 4.21. The van der Waals surface area contributed by atoms with Gasteiger partial charge in [0.1, 0.15) is 11.6 Å². The van der Waals surface area contributed by atoms with Gasteiger partial charge in [-0.25, -0.2) is 19.6 Å². The van der Waals surface area contributed by atoms with E-state index in [2.05, 4.69) is 93.4 Å². The van der Waals surface area contributed by atoms with Crippen molar-refractivity contribution in [2.75, 3.05) is 40.6 Å². The van der Waals surface area contributed by atoms with Crippen LogP contribution in [0, 0.1) is 11.8 Å². The summed E-state index contributed by atoms with van der Waals surface area (Å²) < 4.78 is 20.9. The molecule has 4 aliphatic heterocycles. The van der Waals surface area contributed by atoms with Gasteiger partial charge < -0.3 is 49.3 Å². The smallest absolute Gasteiger partial charge is 0.407 e. The van der Waals surface area contributed by atoms with E-state index in [1.165, 1.54) is 47.6 Å². The van der Waals surface area contributed by atoms with Crippen molar-refractivity contribution >= 4 is 46.1 Å². The van der Waals surface area contributed by atoms with Crippen molar-refractivity contribution in [3.05, 3.63) is 107 Å². The molecule has 4 amide bonds. The topological polar surface area (TPSA) is 193 Å². The number of aromatic nitrogens is 4. The summed E-state index contributed by atoms with van der Waals surface area (Å²) in [5, 5.41) is 5.65. The molecule has 6 aliphatic carbocycles. The zero-order valence-corrected chi connectivity index (χ0v) is 42.2. The van der Waals surface area contributed by atoms with Crippen LogP contribution < -0.4 is 10.6 Å². The van der Waals surface area contributed by atoms with Crippen LogP contribution in [-0.2, 0) is 54.2 Å². The zero-order chi connectivity index (χ0) is 50.3. The van der Waals surface area contributed by atoms with Gasteiger partial charge in [-0.15, -0.1) is 0 Å². The number of carbonyl (C=O) groups is 4. The number of likely N-dealkylation sites (tertiary alicyclic amines) is 2. The molecule has 384 valence electrons. The van der Waals surface area contributed by atoms with Crippen molar-refractivity contribution in [2.45, 2.75) is 125 Å². The second kappa shape index (κ2) is 18.6. The Morgan fingerprint density at radius 2 is 1.00 bits per heavy atom. The van der Waals surface area contributed by atoms with Gasteiger partial charge in [-0.2, -0.15) is 0 Å². The number of methoxy groups -OCH3 is 2. The number of carbonyl (C=O) groups excluding carboxylic acids is 4. The molecule has 4 N–H and O–H groups in total. The van der Waals surface area contributed by atoms with E-state index in [1.807, 2.05) is 9.80 Å². The number of ether oxygens (including phenoxy) is 4. The molecule has 6 fully saturated rings. The van der Waals surface area contributed by atoms with E-state index in [0.717, 1.165) is 135 Å². The maximum Gasteiger partial charge on any atom is 0.407 e. The third-order valence-electron chi connectivity index (χ3n) is 17.9. The fourth-order valence-electron chi connectivity index (χ4n) is 13.9. The van der Waals surface area contributed by atoms with Crippen molar-refractivity contribution in [2.24, 2.45) is 11.8 Å². The summed E-state index contributed by atoms with van der Waals surface area (Å²) in [4.78, 5) is 75.8. The summed E-state index contributed by atoms with van der Waals surface area (Å²) in [7, 11) is 2.63. The van der Waals surface area contributed by atoms with E-state index in [4.69, 9.17) is 28.9 Å². The molecule has 4 bridgehead atoms. The number of aromatic amines is 2. The maximum atomic E-state index is 14.6. The molecule has 16 nitrogen and oxygen atoms in total. The number of nitrogens with zero attached hydrogens (tertiary/aromatic N) is 4. The normalized spacial score (nSPS) is 25.5. The molecule has 16 rings (SSSR count). The minimum absolute atomic E-state index is 0.0822.